The predicted molar refractivity (Wildman–Crippen MR) is 127 cm³/mol. The Labute approximate surface area is 196 Å². The molecule has 4 aromatic rings. The first-order chi connectivity index (χ1) is 16.6. The van der Waals surface area contributed by atoms with Crippen molar-refractivity contribution in [1.82, 2.24) is 10.0 Å². The summed E-state index contributed by atoms with van der Waals surface area (Å²) in [4.78, 5) is 54.5. The third kappa shape index (κ3) is 4.66. The minimum atomic E-state index is -0.803. The molecule has 6 nitrogen and oxygen atoms in total. The summed E-state index contributed by atoms with van der Waals surface area (Å²) in [6.45, 7) is 0. The standard InChI is InChI=1S/C28H20N2O4/c31-25(21-13-5-1-6-14-21)29(26(32)22-15-7-2-8-16-22)30(27(33)23-17-9-3-10-18-23)28(34)24-19-11-4-12-20-24/h1-20H. The fourth-order valence-corrected chi connectivity index (χ4v) is 3.36. The van der Waals surface area contributed by atoms with Crippen molar-refractivity contribution in [1.29, 1.82) is 0 Å². The van der Waals surface area contributed by atoms with E-state index in [0.29, 0.717) is 10.0 Å². The number of hydrazine groups is 1. The van der Waals surface area contributed by atoms with Gasteiger partial charge in [-0.3, -0.25) is 19.2 Å². The molecule has 4 rings (SSSR count). The van der Waals surface area contributed by atoms with Crippen molar-refractivity contribution in [3.63, 3.8) is 0 Å². The van der Waals surface area contributed by atoms with Gasteiger partial charge in [-0.15, -0.1) is 0 Å². The van der Waals surface area contributed by atoms with E-state index >= 15 is 0 Å². The summed E-state index contributed by atoms with van der Waals surface area (Å²) in [5, 5.41) is 1.24. The van der Waals surface area contributed by atoms with E-state index in [0.717, 1.165) is 0 Å². The summed E-state index contributed by atoms with van der Waals surface area (Å²) in [6, 6.07) is 32.2. The molecule has 0 heterocycles. The van der Waals surface area contributed by atoms with Crippen LogP contribution in [0.25, 0.3) is 0 Å². The Morgan fingerprint density at radius 2 is 0.500 bits per heavy atom. The van der Waals surface area contributed by atoms with Crippen LogP contribution in [0.2, 0.25) is 0 Å². The first kappa shape index (κ1) is 22.4. The van der Waals surface area contributed by atoms with Crippen molar-refractivity contribution in [3.05, 3.63) is 144 Å². The molecule has 0 aliphatic rings. The van der Waals surface area contributed by atoms with Crippen molar-refractivity contribution in [2.75, 3.05) is 0 Å². The van der Waals surface area contributed by atoms with E-state index in [1.165, 1.54) is 48.5 Å². The van der Waals surface area contributed by atoms with Crippen molar-refractivity contribution in [2.45, 2.75) is 0 Å². The molecule has 0 N–H and O–H groups in total. The third-order valence-corrected chi connectivity index (χ3v) is 5.05. The minimum absolute atomic E-state index is 0.151. The van der Waals surface area contributed by atoms with Crippen LogP contribution in [0.4, 0.5) is 0 Å². The maximum Gasteiger partial charge on any atom is 0.280 e. The average molecular weight is 448 g/mol. The number of imide groups is 2. The van der Waals surface area contributed by atoms with Crippen LogP contribution >= 0.6 is 0 Å². The summed E-state index contributed by atoms with van der Waals surface area (Å²) in [5.74, 6) is -3.21. The van der Waals surface area contributed by atoms with Crippen LogP contribution in [0.1, 0.15) is 41.4 Å². The van der Waals surface area contributed by atoms with Crippen molar-refractivity contribution in [2.24, 2.45) is 0 Å². The van der Waals surface area contributed by atoms with Crippen LogP contribution in [-0.2, 0) is 0 Å². The van der Waals surface area contributed by atoms with Gasteiger partial charge in [-0.05, 0) is 48.5 Å². The number of carbonyl (C=O) groups is 4. The second-order valence-corrected chi connectivity index (χ2v) is 7.31. The molecular weight excluding hydrogens is 428 g/mol. The van der Waals surface area contributed by atoms with Crippen LogP contribution in [-0.4, -0.2) is 33.6 Å². The van der Waals surface area contributed by atoms with Gasteiger partial charge in [0.05, 0.1) is 0 Å². The molecule has 0 bridgehead atoms. The average Bonchev–Trinajstić information content (AvgIpc) is 2.92. The molecule has 0 atom stereocenters. The van der Waals surface area contributed by atoms with Gasteiger partial charge in [0.1, 0.15) is 0 Å². The predicted octanol–water partition coefficient (Wildman–Crippen LogP) is 4.87. The van der Waals surface area contributed by atoms with Crippen LogP contribution in [0.5, 0.6) is 0 Å². The van der Waals surface area contributed by atoms with Crippen LogP contribution in [0, 0.1) is 0 Å². The molecule has 0 saturated carbocycles. The topological polar surface area (TPSA) is 74.8 Å². The number of hydrogen-bond donors (Lipinski definition) is 0. The fourth-order valence-electron chi connectivity index (χ4n) is 3.36. The number of benzene rings is 4. The van der Waals surface area contributed by atoms with Crippen molar-refractivity contribution < 1.29 is 19.2 Å². The lowest BCUT2D eigenvalue weighted by molar-refractivity contribution is 0.00293. The third-order valence-electron chi connectivity index (χ3n) is 5.05. The van der Waals surface area contributed by atoms with Gasteiger partial charge in [0.25, 0.3) is 23.6 Å². The summed E-state index contributed by atoms with van der Waals surface area (Å²) >= 11 is 0. The lowest BCUT2D eigenvalue weighted by Gasteiger charge is -2.31. The van der Waals surface area contributed by atoms with Crippen LogP contribution in [0.15, 0.2) is 121 Å². The van der Waals surface area contributed by atoms with Gasteiger partial charge in [0, 0.05) is 22.3 Å². The first-order valence-corrected chi connectivity index (χ1v) is 10.6. The lowest BCUT2D eigenvalue weighted by Crippen LogP contribution is -2.55. The van der Waals surface area contributed by atoms with Crippen molar-refractivity contribution >= 4 is 23.6 Å². The van der Waals surface area contributed by atoms with E-state index < -0.39 is 23.6 Å². The largest absolute Gasteiger partial charge is 0.280 e. The van der Waals surface area contributed by atoms with Crippen molar-refractivity contribution in [3.8, 4) is 0 Å². The Morgan fingerprint density at radius 3 is 0.676 bits per heavy atom. The van der Waals surface area contributed by atoms with E-state index in [2.05, 4.69) is 0 Å². The maximum atomic E-state index is 13.6. The number of nitrogens with zero attached hydrogens (tertiary/aromatic N) is 2. The molecule has 166 valence electrons. The summed E-state index contributed by atoms with van der Waals surface area (Å²) in [6.07, 6.45) is 0. The molecule has 0 aliphatic carbocycles. The molecule has 0 saturated heterocycles. The van der Waals surface area contributed by atoms with E-state index in [4.69, 9.17) is 0 Å². The Bertz CT molecular complexity index is 1100. The highest BCUT2D eigenvalue weighted by molar-refractivity contribution is 6.18. The van der Waals surface area contributed by atoms with E-state index in [-0.39, 0.29) is 22.3 Å². The Hall–Kier alpha value is -4.84. The second-order valence-electron chi connectivity index (χ2n) is 7.31. The molecule has 0 spiro atoms. The van der Waals surface area contributed by atoms with Gasteiger partial charge >= 0.3 is 0 Å². The molecule has 34 heavy (non-hydrogen) atoms. The molecule has 4 amide bonds. The minimum Gasteiger partial charge on any atom is -0.267 e. The smallest absolute Gasteiger partial charge is 0.267 e. The highest BCUT2D eigenvalue weighted by Crippen LogP contribution is 2.19. The summed E-state index contributed by atoms with van der Waals surface area (Å²) in [7, 11) is 0. The lowest BCUT2D eigenvalue weighted by atomic mass is 10.1. The molecule has 0 fully saturated rings. The summed E-state index contributed by atoms with van der Waals surface area (Å²) in [5.41, 5.74) is 0.606. The Kier molecular flexibility index (Phi) is 6.70. The monoisotopic (exact) mass is 448 g/mol. The van der Waals surface area contributed by atoms with Crippen LogP contribution in [0.3, 0.4) is 0 Å². The molecule has 0 unspecified atom stereocenters. The van der Waals surface area contributed by atoms with Gasteiger partial charge in [-0.2, -0.15) is 10.0 Å². The van der Waals surface area contributed by atoms with Gasteiger partial charge < -0.3 is 0 Å². The Morgan fingerprint density at radius 1 is 0.324 bits per heavy atom. The van der Waals surface area contributed by atoms with E-state index in [1.807, 2.05) is 0 Å². The first-order valence-electron chi connectivity index (χ1n) is 10.6. The highest BCUT2D eigenvalue weighted by atomic mass is 16.2. The molecule has 6 heteroatoms. The van der Waals surface area contributed by atoms with E-state index in [1.54, 1.807) is 72.8 Å². The SMILES string of the molecule is O=C(c1ccccc1)N(C(=O)c1ccccc1)N(C(=O)c1ccccc1)C(=O)c1ccccc1. The zero-order chi connectivity index (χ0) is 23.9. The quantitative estimate of drug-likeness (QED) is 0.330. The number of rotatable bonds is 4. The zero-order valence-corrected chi connectivity index (χ0v) is 18.1. The normalized spacial score (nSPS) is 10.2. The fraction of sp³-hybridized carbons (Fsp3) is 0. The van der Waals surface area contributed by atoms with E-state index in [9.17, 15) is 19.2 Å². The Balaban J connectivity index is 1.89. The summed E-state index contributed by atoms with van der Waals surface area (Å²) < 4.78 is 0. The molecule has 0 radical (unpaired) electrons. The number of hydrogen-bond acceptors (Lipinski definition) is 4. The van der Waals surface area contributed by atoms with Gasteiger partial charge in [0.2, 0.25) is 0 Å². The van der Waals surface area contributed by atoms with Crippen LogP contribution < -0.4 is 0 Å². The molecule has 0 aromatic heterocycles. The highest BCUT2D eigenvalue weighted by Gasteiger charge is 2.38. The number of carbonyl (C=O) groups excluding carboxylic acids is 4. The van der Waals surface area contributed by atoms with Gasteiger partial charge in [-0.25, -0.2) is 0 Å². The van der Waals surface area contributed by atoms with Gasteiger partial charge in [-0.1, -0.05) is 72.8 Å². The second kappa shape index (κ2) is 10.2. The zero-order valence-electron chi connectivity index (χ0n) is 18.1. The molecule has 0 aliphatic heterocycles. The van der Waals surface area contributed by atoms with Gasteiger partial charge in [0.15, 0.2) is 0 Å². The molecule has 4 aromatic carbocycles. The number of amides is 4. The maximum absolute atomic E-state index is 13.6. The molecular formula is C28H20N2O4.